The molecule has 1 unspecified atom stereocenters. The maximum atomic E-state index is 12.9. The van der Waals surface area contributed by atoms with Crippen LogP contribution in [0.15, 0.2) is 36.9 Å². The second-order valence-corrected chi connectivity index (χ2v) is 4.40. The van der Waals surface area contributed by atoms with Gasteiger partial charge in [0.15, 0.2) is 0 Å². The Hall–Kier alpha value is -1.64. The van der Waals surface area contributed by atoms with E-state index in [1.54, 1.807) is 18.2 Å². The molecule has 1 amide bonds. The normalized spacial score (nSPS) is 16.3. The second-order valence-electron chi connectivity index (χ2n) is 4.40. The monoisotopic (exact) mass is 233 g/mol. The third-order valence-corrected chi connectivity index (χ3v) is 3.03. The van der Waals surface area contributed by atoms with E-state index < -0.39 is 0 Å². The number of rotatable bonds is 5. The summed E-state index contributed by atoms with van der Waals surface area (Å²) in [5.41, 5.74) is 0.899. The molecular formula is C14H16FNO. The highest BCUT2D eigenvalue weighted by Gasteiger charge is 2.36. The summed E-state index contributed by atoms with van der Waals surface area (Å²) >= 11 is 0. The van der Waals surface area contributed by atoms with Gasteiger partial charge in [-0.1, -0.05) is 18.2 Å². The quantitative estimate of drug-likeness (QED) is 0.778. The van der Waals surface area contributed by atoms with E-state index in [0.717, 1.165) is 18.4 Å². The van der Waals surface area contributed by atoms with Crippen molar-refractivity contribution in [1.82, 2.24) is 5.32 Å². The van der Waals surface area contributed by atoms with Crippen LogP contribution >= 0.6 is 0 Å². The number of halogens is 1. The van der Waals surface area contributed by atoms with Crippen molar-refractivity contribution in [2.45, 2.75) is 18.8 Å². The molecule has 0 aromatic heterocycles. The Morgan fingerprint density at radius 2 is 2.12 bits per heavy atom. The van der Waals surface area contributed by atoms with Crippen molar-refractivity contribution in [3.63, 3.8) is 0 Å². The molecule has 1 aliphatic rings. The molecule has 1 atom stereocenters. The van der Waals surface area contributed by atoms with E-state index in [0.29, 0.717) is 12.5 Å². The third kappa shape index (κ3) is 2.93. The molecule has 1 aromatic carbocycles. The maximum absolute atomic E-state index is 12.9. The third-order valence-electron chi connectivity index (χ3n) is 3.03. The number of nitrogens with one attached hydrogen (secondary N) is 1. The van der Waals surface area contributed by atoms with Crippen molar-refractivity contribution < 1.29 is 9.18 Å². The fraction of sp³-hybridized carbons (Fsp3) is 0.357. The van der Waals surface area contributed by atoms with Crippen LogP contribution in [0, 0.1) is 11.7 Å². The number of hydrogen-bond donors (Lipinski definition) is 1. The van der Waals surface area contributed by atoms with Crippen LogP contribution in [-0.2, 0) is 4.79 Å². The SMILES string of the molecule is C=CCNC(=O)C(c1ccc(F)cc1)C1CC1. The summed E-state index contributed by atoms with van der Waals surface area (Å²) in [5.74, 6) is 0.00892. The van der Waals surface area contributed by atoms with Crippen molar-refractivity contribution in [2.75, 3.05) is 6.54 Å². The summed E-state index contributed by atoms with van der Waals surface area (Å²) < 4.78 is 12.9. The molecule has 1 saturated carbocycles. The highest BCUT2D eigenvalue weighted by atomic mass is 19.1. The van der Waals surface area contributed by atoms with Crippen molar-refractivity contribution in [3.8, 4) is 0 Å². The molecule has 2 nitrogen and oxygen atoms in total. The number of hydrogen-bond acceptors (Lipinski definition) is 1. The molecule has 1 aromatic rings. The van der Waals surface area contributed by atoms with Gasteiger partial charge in [0.1, 0.15) is 5.82 Å². The van der Waals surface area contributed by atoms with E-state index in [-0.39, 0.29) is 17.6 Å². The van der Waals surface area contributed by atoms with Gasteiger partial charge in [0.2, 0.25) is 5.91 Å². The second kappa shape index (κ2) is 5.13. The Morgan fingerprint density at radius 1 is 1.47 bits per heavy atom. The van der Waals surface area contributed by atoms with Gasteiger partial charge < -0.3 is 5.32 Å². The summed E-state index contributed by atoms with van der Waals surface area (Å²) in [4.78, 5) is 12.0. The Morgan fingerprint density at radius 3 is 2.65 bits per heavy atom. The minimum Gasteiger partial charge on any atom is -0.352 e. The molecule has 90 valence electrons. The average Bonchev–Trinajstić information content (AvgIpc) is 3.14. The van der Waals surface area contributed by atoms with E-state index in [2.05, 4.69) is 11.9 Å². The Bertz CT molecular complexity index is 409. The summed E-state index contributed by atoms with van der Waals surface area (Å²) in [6, 6.07) is 6.22. The van der Waals surface area contributed by atoms with Crippen LogP contribution in [0.2, 0.25) is 0 Å². The van der Waals surface area contributed by atoms with Gasteiger partial charge in [-0.2, -0.15) is 0 Å². The van der Waals surface area contributed by atoms with E-state index in [9.17, 15) is 9.18 Å². The van der Waals surface area contributed by atoms with Gasteiger partial charge in [-0.3, -0.25) is 4.79 Å². The first-order valence-corrected chi connectivity index (χ1v) is 5.86. The summed E-state index contributed by atoms with van der Waals surface area (Å²) in [5, 5.41) is 2.82. The van der Waals surface area contributed by atoms with Crippen LogP contribution in [0.4, 0.5) is 4.39 Å². The van der Waals surface area contributed by atoms with Crippen molar-refractivity contribution in [3.05, 3.63) is 48.3 Å². The van der Waals surface area contributed by atoms with Gasteiger partial charge in [-0.05, 0) is 36.5 Å². The smallest absolute Gasteiger partial charge is 0.228 e. The van der Waals surface area contributed by atoms with Crippen LogP contribution in [0.5, 0.6) is 0 Å². The molecule has 0 heterocycles. The lowest BCUT2D eigenvalue weighted by molar-refractivity contribution is -0.122. The average molecular weight is 233 g/mol. The Balaban J connectivity index is 2.14. The van der Waals surface area contributed by atoms with Gasteiger partial charge in [0.05, 0.1) is 5.92 Å². The van der Waals surface area contributed by atoms with Crippen LogP contribution in [0.1, 0.15) is 24.3 Å². The minimum atomic E-state index is -0.269. The van der Waals surface area contributed by atoms with Crippen molar-refractivity contribution in [1.29, 1.82) is 0 Å². The zero-order valence-electron chi connectivity index (χ0n) is 9.66. The minimum absolute atomic E-state index is 0.0130. The van der Waals surface area contributed by atoms with Crippen LogP contribution < -0.4 is 5.32 Å². The molecule has 0 aliphatic heterocycles. The van der Waals surface area contributed by atoms with E-state index in [1.165, 1.54) is 12.1 Å². The topological polar surface area (TPSA) is 29.1 Å². The van der Waals surface area contributed by atoms with Crippen LogP contribution in [0.3, 0.4) is 0 Å². The Kier molecular flexibility index (Phi) is 3.57. The molecule has 1 N–H and O–H groups in total. The van der Waals surface area contributed by atoms with Gasteiger partial charge in [0.25, 0.3) is 0 Å². The van der Waals surface area contributed by atoms with Gasteiger partial charge in [0, 0.05) is 6.54 Å². The standard InChI is InChI=1S/C14H16FNO/c1-2-9-16-14(17)13(10-3-4-10)11-5-7-12(15)8-6-11/h2,5-8,10,13H,1,3-4,9H2,(H,16,17). The predicted octanol–water partition coefficient (Wildman–Crippen LogP) is 2.62. The van der Waals surface area contributed by atoms with E-state index >= 15 is 0 Å². The van der Waals surface area contributed by atoms with E-state index in [4.69, 9.17) is 0 Å². The molecule has 2 rings (SSSR count). The summed E-state index contributed by atoms with van der Waals surface area (Å²) in [6.45, 7) is 4.05. The van der Waals surface area contributed by atoms with Crippen molar-refractivity contribution in [2.24, 2.45) is 5.92 Å². The first kappa shape index (κ1) is 11.8. The Labute approximate surface area is 101 Å². The summed E-state index contributed by atoms with van der Waals surface area (Å²) in [6.07, 6.45) is 3.81. The molecule has 1 aliphatic carbocycles. The first-order valence-electron chi connectivity index (χ1n) is 5.86. The van der Waals surface area contributed by atoms with Crippen molar-refractivity contribution >= 4 is 5.91 Å². The summed E-state index contributed by atoms with van der Waals surface area (Å²) in [7, 11) is 0. The lowest BCUT2D eigenvalue weighted by Gasteiger charge is -2.16. The predicted molar refractivity (Wildman–Crippen MR) is 65.1 cm³/mol. The number of carbonyl (C=O) groups excluding carboxylic acids is 1. The molecule has 0 saturated heterocycles. The van der Waals surface area contributed by atoms with Gasteiger partial charge in [-0.25, -0.2) is 4.39 Å². The molecule has 0 bridgehead atoms. The maximum Gasteiger partial charge on any atom is 0.228 e. The first-order chi connectivity index (χ1) is 8.22. The highest BCUT2D eigenvalue weighted by Crippen LogP contribution is 2.42. The van der Waals surface area contributed by atoms with E-state index in [1.807, 2.05) is 0 Å². The van der Waals surface area contributed by atoms with Gasteiger partial charge in [-0.15, -0.1) is 6.58 Å². The van der Waals surface area contributed by atoms with Crippen LogP contribution in [0.25, 0.3) is 0 Å². The number of carbonyl (C=O) groups is 1. The lowest BCUT2D eigenvalue weighted by Crippen LogP contribution is -2.30. The zero-order chi connectivity index (χ0) is 12.3. The molecule has 0 radical (unpaired) electrons. The molecule has 1 fully saturated rings. The fourth-order valence-corrected chi connectivity index (χ4v) is 2.02. The molecule has 3 heteroatoms. The van der Waals surface area contributed by atoms with Gasteiger partial charge >= 0.3 is 0 Å². The molecular weight excluding hydrogens is 217 g/mol. The molecule has 17 heavy (non-hydrogen) atoms. The highest BCUT2D eigenvalue weighted by molar-refractivity contribution is 5.84. The number of amides is 1. The largest absolute Gasteiger partial charge is 0.352 e. The molecule has 0 spiro atoms. The fourth-order valence-electron chi connectivity index (χ4n) is 2.02. The lowest BCUT2D eigenvalue weighted by atomic mass is 9.93. The number of benzene rings is 1. The van der Waals surface area contributed by atoms with Crippen LogP contribution in [-0.4, -0.2) is 12.5 Å². The zero-order valence-corrected chi connectivity index (χ0v) is 9.66.